The van der Waals surface area contributed by atoms with Gasteiger partial charge in [0.25, 0.3) is 0 Å². The summed E-state index contributed by atoms with van der Waals surface area (Å²) in [7, 11) is 1.56. The fourth-order valence-corrected chi connectivity index (χ4v) is 1.55. The highest BCUT2D eigenvalue weighted by molar-refractivity contribution is 5.68. The maximum absolute atomic E-state index is 9.20. The van der Waals surface area contributed by atoms with Gasteiger partial charge in [-0.15, -0.1) is 0 Å². The Morgan fingerprint density at radius 2 is 1.89 bits per heavy atom. The predicted molar refractivity (Wildman–Crippen MR) is 69.1 cm³/mol. The van der Waals surface area contributed by atoms with Crippen molar-refractivity contribution in [1.29, 1.82) is 5.26 Å². The van der Waals surface area contributed by atoms with E-state index in [4.69, 9.17) is 10.00 Å². The van der Waals surface area contributed by atoms with Crippen LogP contribution in [0, 0.1) is 11.3 Å². The lowest BCUT2D eigenvalue weighted by atomic mass is 10.1. The van der Waals surface area contributed by atoms with Crippen molar-refractivity contribution >= 4 is 11.4 Å². The van der Waals surface area contributed by atoms with Crippen molar-refractivity contribution in [2.24, 2.45) is 0 Å². The van der Waals surface area contributed by atoms with Crippen molar-refractivity contribution in [3.8, 4) is 17.6 Å². The van der Waals surface area contributed by atoms with Crippen LogP contribution in [0.4, 0.5) is 11.4 Å². The number of hydrogen-bond acceptors (Lipinski definition) is 4. The number of nitrogens with zero attached hydrogens (tertiary/aromatic N) is 1. The fraction of sp³-hybridized carbons (Fsp3) is 0.0714. The number of anilines is 2. The van der Waals surface area contributed by atoms with Crippen LogP contribution in [0.2, 0.25) is 0 Å². The van der Waals surface area contributed by atoms with Crippen molar-refractivity contribution in [2.45, 2.75) is 0 Å². The first-order chi connectivity index (χ1) is 8.72. The fourth-order valence-electron chi connectivity index (χ4n) is 1.55. The summed E-state index contributed by atoms with van der Waals surface area (Å²) < 4.78 is 5.07. The molecule has 0 amide bonds. The molecule has 0 atom stereocenters. The minimum Gasteiger partial charge on any atom is -0.508 e. The molecule has 0 aromatic heterocycles. The van der Waals surface area contributed by atoms with E-state index in [1.807, 2.05) is 0 Å². The average molecular weight is 240 g/mol. The third-order valence-corrected chi connectivity index (χ3v) is 2.49. The molecule has 2 N–H and O–H groups in total. The summed E-state index contributed by atoms with van der Waals surface area (Å²) in [6.45, 7) is 0. The van der Waals surface area contributed by atoms with Gasteiger partial charge in [-0.05, 0) is 42.5 Å². The quantitative estimate of drug-likeness (QED) is 0.809. The van der Waals surface area contributed by atoms with E-state index in [-0.39, 0.29) is 5.75 Å². The number of nitrogens with one attached hydrogen (secondary N) is 1. The largest absolute Gasteiger partial charge is 0.508 e. The Morgan fingerprint density at radius 3 is 2.50 bits per heavy atom. The van der Waals surface area contributed by atoms with E-state index in [1.165, 1.54) is 0 Å². The van der Waals surface area contributed by atoms with E-state index in [0.29, 0.717) is 17.0 Å². The molecular weight excluding hydrogens is 228 g/mol. The molecule has 0 heterocycles. The zero-order valence-corrected chi connectivity index (χ0v) is 9.84. The van der Waals surface area contributed by atoms with Crippen LogP contribution in [0.5, 0.6) is 11.5 Å². The van der Waals surface area contributed by atoms with Crippen LogP contribution in [0.3, 0.4) is 0 Å². The maximum atomic E-state index is 9.20. The van der Waals surface area contributed by atoms with E-state index >= 15 is 0 Å². The minimum absolute atomic E-state index is 0.204. The lowest BCUT2D eigenvalue weighted by Gasteiger charge is -2.09. The predicted octanol–water partition coefficient (Wildman–Crippen LogP) is 3.02. The van der Waals surface area contributed by atoms with Crippen LogP contribution in [-0.2, 0) is 0 Å². The SMILES string of the molecule is COc1ccc(Nc2ccc(O)cc2)c(C#N)c1. The zero-order valence-electron chi connectivity index (χ0n) is 9.84. The van der Waals surface area contributed by atoms with Crippen LogP contribution < -0.4 is 10.1 Å². The first-order valence-corrected chi connectivity index (χ1v) is 5.37. The van der Waals surface area contributed by atoms with Crippen molar-refractivity contribution in [3.05, 3.63) is 48.0 Å². The second kappa shape index (κ2) is 5.11. The van der Waals surface area contributed by atoms with E-state index in [9.17, 15) is 5.11 Å². The Kier molecular flexibility index (Phi) is 3.35. The van der Waals surface area contributed by atoms with E-state index in [2.05, 4.69) is 11.4 Å². The number of nitriles is 1. The summed E-state index contributed by atoms with van der Waals surface area (Å²) >= 11 is 0. The van der Waals surface area contributed by atoms with Crippen LogP contribution in [0.15, 0.2) is 42.5 Å². The molecule has 0 unspecified atom stereocenters. The molecule has 0 saturated carbocycles. The molecule has 4 heteroatoms. The number of methoxy groups -OCH3 is 1. The first kappa shape index (κ1) is 11.8. The summed E-state index contributed by atoms with van der Waals surface area (Å²) in [4.78, 5) is 0. The van der Waals surface area contributed by atoms with Crippen molar-refractivity contribution in [2.75, 3.05) is 12.4 Å². The van der Waals surface area contributed by atoms with Crippen molar-refractivity contribution < 1.29 is 9.84 Å². The maximum Gasteiger partial charge on any atom is 0.120 e. The topological polar surface area (TPSA) is 65.3 Å². The summed E-state index contributed by atoms with van der Waals surface area (Å²) in [5, 5.41) is 21.4. The molecule has 0 aliphatic carbocycles. The second-order valence-electron chi connectivity index (χ2n) is 3.70. The zero-order chi connectivity index (χ0) is 13.0. The number of rotatable bonds is 3. The van der Waals surface area contributed by atoms with Gasteiger partial charge in [-0.25, -0.2) is 0 Å². The molecule has 0 aliphatic rings. The van der Waals surface area contributed by atoms with Gasteiger partial charge in [0.2, 0.25) is 0 Å². The van der Waals surface area contributed by atoms with Crippen LogP contribution >= 0.6 is 0 Å². The molecule has 2 rings (SSSR count). The highest BCUT2D eigenvalue weighted by Gasteiger charge is 2.04. The molecule has 0 spiro atoms. The lowest BCUT2D eigenvalue weighted by Crippen LogP contribution is -1.94. The van der Waals surface area contributed by atoms with E-state index in [1.54, 1.807) is 49.6 Å². The van der Waals surface area contributed by atoms with Gasteiger partial charge in [-0.1, -0.05) is 0 Å². The first-order valence-electron chi connectivity index (χ1n) is 5.37. The van der Waals surface area contributed by atoms with Gasteiger partial charge >= 0.3 is 0 Å². The number of benzene rings is 2. The Hall–Kier alpha value is -2.67. The van der Waals surface area contributed by atoms with Crippen LogP contribution in [0.25, 0.3) is 0 Å². The van der Waals surface area contributed by atoms with E-state index < -0.39 is 0 Å². The Balaban J connectivity index is 2.29. The van der Waals surface area contributed by atoms with Crippen LogP contribution in [-0.4, -0.2) is 12.2 Å². The molecule has 0 radical (unpaired) electrons. The molecule has 4 nitrogen and oxygen atoms in total. The Labute approximate surface area is 105 Å². The van der Waals surface area contributed by atoms with Crippen molar-refractivity contribution in [3.63, 3.8) is 0 Å². The van der Waals surface area contributed by atoms with Gasteiger partial charge in [0.05, 0.1) is 18.4 Å². The molecule has 90 valence electrons. The van der Waals surface area contributed by atoms with E-state index in [0.717, 1.165) is 5.69 Å². The second-order valence-corrected chi connectivity index (χ2v) is 3.70. The van der Waals surface area contributed by atoms with Gasteiger partial charge in [-0.3, -0.25) is 0 Å². The van der Waals surface area contributed by atoms with Crippen LogP contribution in [0.1, 0.15) is 5.56 Å². The normalized spacial score (nSPS) is 9.56. The highest BCUT2D eigenvalue weighted by atomic mass is 16.5. The molecule has 2 aromatic rings. The molecule has 2 aromatic carbocycles. The summed E-state index contributed by atoms with van der Waals surface area (Å²) in [5.74, 6) is 0.846. The lowest BCUT2D eigenvalue weighted by molar-refractivity contribution is 0.414. The highest BCUT2D eigenvalue weighted by Crippen LogP contribution is 2.25. The Morgan fingerprint density at radius 1 is 1.17 bits per heavy atom. The number of phenolic OH excluding ortho intramolecular Hbond substituents is 1. The molecule has 0 saturated heterocycles. The molecule has 0 aliphatic heterocycles. The third kappa shape index (κ3) is 2.53. The van der Waals surface area contributed by atoms with Gasteiger partial charge < -0.3 is 15.2 Å². The number of hydrogen-bond donors (Lipinski definition) is 2. The summed E-state index contributed by atoms with van der Waals surface area (Å²) in [6, 6.07) is 14.0. The van der Waals surface area contributed by atoms with Gasteiger partial charge in [0.1, 0.15) is 17.6 Å². The molecule has 0 bridgehead atoms. The average Bonchev–Trinajstić information content (AvgIpc) is 2.41. The third-order valence-electron chi connectivity index (χ3n) is 2.49. The summed E-state index contributed by atoms with van der Waals surface area (Å²) in [5.41, 5.74) is 2.00. The number of ether oxygens (including phenoxy) is 1. The molecule has 18 heavy (non-hydrogen) atoms. The molecular formula is C14H12N2O2. The van der Waals surface area contributed by atoms with Gasteiger partial charge in [0.15, 0.2) is 0 Å². The molecule has 0 fully saturated rings. The van der Waals surface area contributed by atoms with Crippen molar-refractivity contribution in [1.82, 2.24) is 0 Å². The number of aromatic hydroxyl groups is 1. The standard InChI is InChI=1S/C14H12N2O2/c1-18-13-6-7-14(10(8-13)9-15)16-11-2-4-12(17)5-3-11/h2-8,16-17H,1H3. The number of phenols is 1. The smallest absolute Gasteiger partial charge is 0.120 e. The minimum atomic E-state index is 0.204. The van der Waals surface area contributed by atoms with Gasteiger partial charge in [-0.2, -0.15) is 5.26 Å². The Bertz CT molecular complexity index is 586. The van der Waals surface area contributed by atoms with Gasteiger partial charge in [0, 0.05) is 5.69 Å². The summed E-state index contributed by atoms with van der Waals surface area (Å²) in [6.07, 6.45) is 0. The monoisotopic (exact) mass is 240 g/mol.